The first-order chi connectivity index (χ1) is 14.2. The number of ether oxygens (including phenoxy) is 1. The van der Waals surface area contributed by atoms with Crippen molar-refractivity contribution in [2.24, 2.45) is 5.92 Å². The van der Waals surface area contributed by atoms with E-state index < -0.39 is 0 Å². The third kappa shape index (κ3) is 4.62. The van der Waals surface area contributed by atoms with Crippen LogP contribution >= 0.6 is 0 Å². The van der Waals surface area contributed by atoms with Gasteiger partial charge in [0.15, 0.2) is 17.8 Å². The summed E-state index contributed by atoms with van der Waals surface area (Å²) in [7, 11) is 0. The van der Waals surface area contributed by atoms with Crippen LogP contribution in [0.5, 0.6) is 0 Å². The van der Waals surface area contributed by atoms with Gasteiger partial charge in [0.1, 0.15) is 5.76 Å². The highest BCUT2D eigenvalue weighted by Gasteiger charge is 2.23. The summed E-state index contributed by atoms with van der Waals surface area (Å²) in [6.45, 7) is 1.48. The molecule has 0 amide bonds. The zero-order chi connectivity index (χ0) is 20.1. The van der Waals surface area contributed by atoms with Gasteiger partial charge in [-0.05, 0) is 47.9 Å². The lowest BCUT2D eigenvalue weighted by molar-refractivity contribution is 0.0957. The van der Waals surface area contributed by atoms with Crippen molar-refractivity contribution in [1.29, 1.82) is 0 Å². The number of benzene rings is 2. The van der Waals surface area contributed by atoms with Crippen molar-refractivity contribution in [2.75, 3.05) is 13.2 Å². The smallest absolute Gasteiger partial charge is 0.185 e. The number of Topliss-reactive ketones (excluding diaryl/α,β-unsaturated/α-hetero) is 1. The van der Waals surface area contributed by atoms with Crippen molar-refractivity contribution in [2.45, 2.75) is 38.5 Å². The summed E-state index contributed by atoms with van der Waals surface area (Å²) < 4.78 is 10.7. The molecule has 1 atom stereocenters. The Labute approximate surface area is 170 Å². The van der Waals surface area contributed by atoms with E-state index >= 15 is 0 Å². The number of rotatable bonds is 9. The predicted octanol–water partition coefficient (Wildman–Crippen LogP) is 4.82. The van der Waals surface area contributed by atoms with E-state index in [2.05, 4.69) is 35.5 Å². The Morgan fingerprint density at radius 1 is 1.14 bits per heavy atom. The topological polar surface area (TPSA) is 69.4 Å². The van der Waals surface area contributed by atoms with Gasteiger partial charge in [-0.2, -0.15) is 0 Å². The second-order valence-corrected chi connectivity index (χ2v) is 7.71. The number of carbonyl (C=O) groups excluding carboxylic acids is 2. The molecule has 0 spiro atoms. The minimum Gasteiger partial charge on any atom is -0.381 e. The molecule has 1 aliphatic rings. The lowest BCUT2D eigenvalue weighted by Gasteiger charge is -2.05. The molecule has 2 aromatic carbocycles. The van der Waals surface area contributed by atoms with Crippen molar-refractivity contribution < 1.29 is 18.8 Å². The molecule has 1 fully saturated rings. The normalized spacial score (nSPS) is 16.3. The van der Waals surface area contributed by atoms with Crippen LogP contribution in [0.4, 0.5) is 0 Å². The summed E-state index contributed by atoms with van der Waals surface area (Å²) in [4.78, 5) is 24.1. The van der Waals surface area contributed by atoms with Crippen LogP contribution in [0.1, 0.15) is 57.9 Å². The monoisotopic (exact) mass is 391 g/mol. The second-order valence-electron chi connectivity index (χ2n) is 7.71. The Bertz CT molecular complexity index is 1000. The fourth-order valence-electron chi connectivity index (χ4n) is 3.95. The van der Waals surface area contributed by atoms with Crippen LogP contribution in [0.3, 0.4) is 0 Å². The molecule has 0 N–H and O–H groups in total. The number of hydrogen-bond donors (Lipinski definition) is 0. The minimum absolute atomic E-state index is 0.122. The number of aromatic nitrogens is 1. The Morgan fingerprint density at radius 3 is 2.79 bits per heavy atom. The highest BCUT2D eigenvalue weighted by atomic mass is 16.5. The number of aldehydes is 1. The number of aryl methyl sites for hydroxylation is 2. The molecule has 0 bridgehead atoms. The molecule has 1 saturated heterocycles. The highest BCUT2D eigenvalue weighted by molar-refractivity contribution is 6.01. The lowest BCUT2D eigenvalue weighted by Crippen LogP contribution is -2.08. The average molecular weight is 391 g/mol. The van der Waals surface area contributed by atoms with Gasteiger partial charge in [0.25, 0.3) is 0 Å². The molecule has 0 aliphatic carbocycles. The standard InChI is InChI=1S/C24H25NO4/c26-15-21-23(29-25-24(21)22(27)11-9-18-12-13-28-16-18)7-3-4-17-8-10-19-5-1-2-6-20(19)14-17/h1-2,5-6,8,10,14-15,18H,3-4,7,9,11-13,16H2. The van der Waals surface area contributed by atoms with Gasteiger partial charge >= 0.3 is 0 Å². The summed E-state index contributed by atoms with van der Waals surface area (Å²) >= 11 is 0. The molecule has 5 heteroatoms. The van der Waals surface area contributed by atoms with Crippen LogP contribution in [0.15, 0.2) is 47.0 Å². The van der Waals surface area contributed by atoms with Crippen LogP contribution in [0.2, 0.25) is 0 Å². The van der Waals surface area contributed by atoms with Gasteiger partial charge in [0, 0.05) is 26.1 Å². The molecule has 5 nitrogen and oxygen atoms in total. The molecule has 4 rings (SSSR count). The molecule has 29 heavy (non-hydrogen) atoms. The first-order valence-corrected chi connectivity index (χ1v) is 10.3. The number of fused-ring (bicyclic) bond motifs is 1. The third-order valence-corrected chi connectivity index (χ3v) is 5.67. The van der Waals surface area contributed by atoms with Crippen molar-refractivity contribution in [3.05, 3.63) is 65.0 Å². The molecular formula is C24H25NO4. The van der Waals surface area contributed by atoms with E-state index in [9.17, 15) is 9.59 Å². The first-order valence-electron chi connectivity index (χ1n) is 10.3. The number of ketones is 1. The third-order valence-electron chi connectivity index (χ3n) is 5.67. The Balaban J connectivity index is 1.35. The van der Waals surface area contributed by atoms with Crippen molar-refractivity contribution >= 4 is 22.8 Å². The van der Waals surface area contributed by atoms with E-state index in [0.717, 1.165) is 32.3 Å². The quantitative estimate of drug-likeness (QED) is 0.386. The summed E-state index contributed by atoms with van der Waals surface area (Å²) in [5.41, 5.74) is 1.74. The van der Waals surface area contributed by atoms with E-state index in [1.165, 1.54) is 16.3 Å². The molecular weight excluding hydrogens is 366 g/mol. The van der Waals surface area contributed by atoms with E-state index in [4.69, 9.17) is 9.26 Å². The first kappa shape index (κ1) is 19.5. The van der Waals surface area contributed by atoms with Crippen molar-refractivity contribution in [3.8, 4) is 0 Å². The molecule has 0 radical (unpaired) electrons. The van der Waals surface area contributed by atoms with Gasteiger partial charge in [-0.1, -0.05) is 47.6 Å². The average Bonchev–Trinajstić information content (AvgIpc) is 3.41. The Morgan fingerprint density at radius 2 is 2.00 bits per heavy atom. The van der Waals surface area contributed by atoms with Gasteiger partial charge in [0.05, 0.1) is 5.56 Å². The summed E-state index contributed by atoms with van der Waals surface area (Å²) in [6, 6.07) is 14.7. The van der Waals surface area contributed by atoms with Gasteiger partial charge in [-0.3, -0.25) is 9.59 Å². The largest absolute Gasteiger partial charge is 0.381 e. The lowest BCUT2D eigenvalue weighted by atomic mass is 9.98. The van der Waals surface area contributed by atoms with Crippen molar-refractivity contribution in [1.82, 2.24) is 5.16 Å². The van der Waals surface area contributed by atoms with Crippen molar-refractivity contribution in [3.63, 3.8) is 0 Å². The molecule has 1 aliphatic heterocycles. The molecule has 1 unspecified atom stereocenters. The fraction of sp³-hybridized carbons (Fsp3) is 0.375. The number of carbonyl (C=O) groups is 2. The Hall–Kier alpha value is -2.79. The van der Waals surface area contributed by atoms with Gasteiger partial charge in [-0.25, -0.2) is 0 Å². The van der Waals surface area contributed by atoms with Crippen LogP contribution < -0.4 is 0 Å². The Kier molecular flexibility index (Phi) is 6.15. The number of nitrogens with zero attached hydrogens (tertiary/aromatic N) is 1. The van der Waals surface area contributed by atoms with E-state index in [-0.39, 0.29) is 11.5 Å². The SMILES string of the molecule is O=Cc1c(C(=O)CCC2CCOC2)noc1CCCc1ccc2ccccc2c1. The summed E-state index contributed by atoms with van der Waals surface area (Å²) in [5.74, 6) is 0.809. The van der Waals surface area contributed by atoms with Crippen LogP contribution in [-0.2, 0) is 17.6 Å². The van der Waals surface area contributed by atoms with Crippen LogP contribution in [0, 0.1) is 5.92 Å². The van der Waals surface area contributed by atoms with Crippen LogP contribution in [0.25, 0.3) is 10.8 Å². The fourth-order valence-corrected chi connectivity index (χ4v) is 3.95. The molecule has 2 heterocycles. The van der Waals surface area contributed by atoms with Gasteiger partial charge in [0.2, 0.25) is 0 Å². The van der Waals surface area contributed by atoms with Crippen LogP contribution in [-0.4, -0.2) is 30.4 Å². The van der Waals surface area contributed by atoms with Gasteiger partial charge in [-0.15, -0.1) is 0 Å². The zero-order valence-electron chi connectivity index (χ0n) is 16.4. The zero-order valence-corrected chi connectivity index (χ0v) is 16.4. The highest BCUT2D eigenvalue weighted by Crippen LogP contribution is 2.22. The minimum atomic E-state index is -0.122. The van der Waals surface area contributed by atoms with E-state index in [1.807, 2.05) is 12.1 Å². The maximum atomic E-state index is 12.5. The maximum Gasteiger partial charge on any atom is 0.185 e. The molecule has 1 aromatic heterocycles. The van der Waals surface area contributed by atoms with E-state index in [0.29, 0.717) is 43.0 Å². The molecule has 150 valence electrons. The predicted molar refractivity (Wildman–Crippen MR) is 110 cm³/mol. The second kappa shape index (κ2) is 9.14. The van der Waals surface area contributed by atoms with Gasteiger partial charge < -0.3 is 9.26 Å². The summed E-state index contributed by atoms with van der Waals surface area (Å²) in [5, 5.41) is 6.36. The maximum absolute atomic E-state index is 12.5. The summed E-state index contributed by atoms with van der Waals surface area (Å²) in [6.07, 6.45) is 5.10. The molecule has 0 saturated carbocycles. The molecule has 3 aromatic rings. The van der Waals surface area contributed by atoms with E-state index in [1.54, 1.807) is 0 Å². The number of hydrogen-bond acceptors (Lipinski definition) is 5.